The molecule has 5 nitrogen and oxygen atoms in total. The molecule has 2 aromatic rings. The van der Waals surface area contributed by atoms with Crippen molar-refractivity contribution in [3.8, 4) is 5.75 Å². The number of ether oxygens (including phenoxy) is 1. The molecule has 0 aromatic heterocycles. The van der Waals surface area contributed by atoms with Crippen molar-refractivity contribution in [3.63, 3.8) is 0 Å². The number of nitrogens with one attached hydrogen (secondary N) is 1. The van der Waals surface area contributed by atoms with Gasteiger partial charge in [0.25, 0.3) is 0 Å². The summed E-state index contributed by atoms with van der Waals surface area (Å²) in [6.45, 7) is 0. The van der Waals surface area contributed by atoms with Crippen LogP contribution in [0.5, 0.6) is 5.75 Å². The molecular formula is C20H14Cl2NO4-. The van der Waals surface area contributed by atoms with E-state index in [9.17, 15) is 14.7 Å². The van der Waals surface area contributed by atoms with Gasteiger partial charge in [-0.2, -0.15) is 0 Å². The maximum atomic E-state index is 12.4. The largest absolute Gasteiger partial charge is 0.548 e. The Kier molecular flexibility index (Phi) is 4.58. The quantitative estimate of drug-likeness (QED) is 0.483. The highest BCUT2D eigenvalue weighted by molar-refractivity contribution is 6.36. The van der Waals surface area contributed by atoms with Crippen molar-refractivity contribution in [1.82, 2.24) is 0 Å². The van der Waals surface area contributed by atoms with E-state index in [0.717, 1.165) is 5.56 Å². The number of aliphatic carboxylic acids is 1. The summed E-state index contributed by atoms with van der Waals surface area (Å²) in [7, 11) is 0. The van der Waals surface area contributed by atoms with Crippen LogP contribution in [0.25, 0.3) is 0 Å². The zero-order valence-electron chi connectivity index (χ0n) is 13.9. The van der Waals surface area contributed by atoms with Gasteiger partial charge < -0.3 is 20.0 Å². The Morgan fingerprint density at radius 1 is 1.15 bits per heavy atom. The number of fused-ring (bicyclic) bond motifs is 3. The number of esters is 1. The molecule has 4 rings (SSSR count). The Morgan fingerprint density at radius 3 is 2.70 bits per heavy atom. The average Bonchev–Trinajstić information content (AvgIpc) is 3.10. The van der Waals surface area contributed by atoms with Crippen molar-refractivity contribution in [3.05, 3.63) is 69.7 Å². The molecule has 27 heavy (non-hydrogen) atoms. The molecule has 2 aliphatic rings. The summed E-state index contributed by atoms with van der Waals surface area (Å²) < 4.78 is 5.46. The van der Waals surface area contributed by atoms with Gasteiger partial charge in [-0.25, -0.2) is 4.79 Å². The second kappa shape index (κ2) is 6.91. The second-order valence-corrected chi connectivity index (χ2v) is 7.40. The topological polar surface area (TPSA) is 78.5 Å². The fourth-order valence-electron chi connectivity index (χ4n) is 3.69. The third-order valence-corrected chi connectivity index (χ3v) is 5.50. The molecular weight excluding hydrogens is 389 g/mol. The predicted octanol–water partition coefficient (Wildman–Crippen LogP) is 3.42. The van der Waals surface area contributed by atoms with Crippen molar-refractivity contribution in [2.45, 2.75) is 18.4 Å². The first kappa shape index (κ1) is 17.9. The van der Waals surface area contributed by atoms with E-state index in [4.69, 9.17) is 27.9 Å². The number of hydrogen-bond acceptors (Lipinski definition) is 5. The molecule has 0 amide bonds. The number of rotatable bonds is 3. The van der Waals surface area contributed by atoms with Gasteiger partial charge in [-0.3, -0.25) is 0 Å². The number of halogens is 2. The van der Waals surface area contributed by atoms with Gasteiger partial charge in [-0.1, -0.05) is 35.4 Å². The fraction of sp³-hybridized carbons (Fsp3) is 0.200. The second-order valence-electron chi connectivity index (χ2n) is 6.56. The molecule has 0 spiro atoms. The summed E-state index contributed by atoms with van der Waals surface area (Å²) in [5.41, 5.74) is 1.80. The first-order chi connectivity index (χ1) is 12.9. The standard InChI is InChI=1S/C20H15Cl2NO4/c21-10-4-6-14(16(22)8-10)20(26)27-11-5-7-17-15(9-11)12-2-1-3-13(12)18(23-17)19(24)25/h1-2,4-9,12-13,18,23H,3H2,(H,24,25)/p-1/t12-,13+,18-/m1/s1. The van der Waals surface area contributed by atoms with E-state index in [2.05, 4.69) is 5.32 Å². The van der Waals surface area contributed by atoms with Crippen LogP contribution in [0.2, 0.25) is 10.0 Å². The molecule has 0 unspecified atom stereocenters. The van der Waals surface area contributed by atoms with Gasteiger partial charge in [0.15, 0.2) is 0 Å². The van der Waals surface area contributed by atoms with E-state index in [-0.39, 0.29) is 22.4 Å². The summed E-state index contributed by atoms with van der Waals surface area (Å²) in [5, 5.41) is 15.1. The van der Waals surface area contributed by atoms with E-state index in [1.54, 1.807) is 24.3 Å². The number of anilines is 1. The smallest absolute Gasteiger partial charge is 0.345 e. The molecule has 138 valence electrons. The summed E-state index contributed by atoms with van der Waals surface area (Å²) in [5.74, 6) is -1.54. The minimum atomic E-state index is -1.12. The molecule has 1 heterocycles. The van der Waals surface area contributed by atoms with Crippen LogP contribution in [0.4, 0.5) is 5.69 Å². The van der Waals surface area contributed by atoms with Gasteiger partial charge in [-0.15, -0.1) is 0 Å². The Morgan fingerprint density at radius 2 is 1.96 bits per heavy atom. The van der Waals surface area contributed by atoms with Crippen LogP contribution in [0.3, 0.4) is 0 Å². The maximum Gasteiger partial charge on any atom is 0.345 e. The summed E-state index contributed by atoms with van der Waals surface area (Å²) in [6.07, 6.45) is 4.61. The zero-order chi connectivity index (χ0) is 19.1. The van der Waals surface area contributed by atoms with Crippen LogP contribution in [-0.2, 0) is 4.79 Å². The molecule has 1 aliphatic carbocycles. The fourth-order valence-corrected chi connectivity index (χ4v) is 4.17. The van der Waals surface area contributed by atoms with Crippen molar-refractivity contribution < 1.29 is 19.4 Å². The minimum absolute atomic E-state index is 0.0677. The van der Waals surface area contributed by atoms with Crippen LogP contribution in [-0.4, -0.2) is 18.0 Å². The molecule has 2 aromatic carbocycles. The molecule has 0 radical (unpaired) electrons. The number of hydrogen-bond donors (Lipinski definition) is 1. The zero-order valence-corrected chi connectivity index (χ0v) is 15.5. The Bertz CT molecular complexity index is 972. The number of benzene rings is 2. The Hall–Kier alpha value is -2.50. The highest BCUT2D eigenvalue weighted by atomic mass is 35.5. The number of carboxylic acids is 1. The first-order valence-corrected chi connectivity index (χ1v) is 9.15. The van der Waals surface area contributed by atoms with Crippen molar-refractivity contribution in [1.29, 1.82) is 0 Å². The molecule has 1 aliphatic heterocycles. The minimum Gasteiger partial charge on any atom is -0.548 e. The van der Waals surface area contributed by atoms with Crippen LogP contribution >= 0.6 is 23.2 Å². The molecule has 0 fully saturated rings. The molecule has 0 bridgehead atoms. The van der Waals surface area contributed by atoms with Gasteiger partial charge in [-0.05, 0) is 54.3 Å². The van der Waals surface area contributed by atoms with Gasteiger partial charge in [0, 0.05) is 16.6 Å². The normalized spacial score (nSPS) is 22.5. The Balaban J connectivity index is 1.62. The SMILES string of the molecule is O=C(Oc1ccc2c(c1)[C@@H]1C=CC[C@@H]1[C@H](C(=O)[O-])N2)c1ccc(Cl)cc1Cl. The van der Waals surface area contributed by atoms with Crippen LogP contribution in [0.1, 0.15) is 28.3 Å². The predicted molar refractivity (Wildman–Crippen MR) is 100 cm³/mol. The monoisotopic (exact) mass is 402 g/mol. The van der Waals surface area contributed by atoms with E-state index < -0.39 is 18.0 Å². The molecule has 1 N–H and O–H groups in total. The van der Waals surface area contributed by atoms with E-state index in [1.807, 2.05) is 12.2 Å². The van der Waals surface area contributed by atoms with Gasteiger partial charge >= 0.3 is 5.97 Å². The lowest BCUT2D eigenvalue weighted by Crippen LogP contribution is -2.48. The molecule has 0 saturated carbocycles. The highest BCUT2D eigenvalue weighted by Crippen LogP contribution is 2.45. The van der Waals surface area contributed by atoms with E-state index in [1.165, 1.54) is 12.1 Å². The van der Waals surface area contributed by atoms with Gasteiger partial charge in [0.1, 0.15) is 5.75 Å². The lowest BCUT2D eigenvalue weighted by Gasteiger charge is -2.37. The lowest BCUT2D eigenvalue weighted by atomic mass is 9.79. The van der Waals surface area contributed by atoms with Crippen LogP contribution < -0.4 is 15.2 Å². The average molecular weight is 403 g/mol. The van der Waals surface area contributed by atoms with Crippen LogP contribution in [0, 0.1) is 5.92 Å². The highest BCUT2D eigenvalue weighted by Gasteiger charge is 2.38. The molecule has 7 heteroatoms. The Labute approximate surface area is 165 Å². The summed E-state index contributed by atoms with van der Waals surface area (Å²) in [4.78, 5) is 23.9. The molecule has 3 atom stereocenters. The van der Waals surface area contributed by atoms with Crippen molar-refractivity contribution >= 4 is 40.8 Å². The maximum absolute atomic E-state index is 12.4. The number of carbonyl (C=O) groups excluding carboxylic acids is 2. The van der Waals surface area contributed by atoms with Crippen molar-refractivity contribution in [2.75, 3.05) is 5.32 Å². The van der Waals surface area contributed by atoms with E-state index in [0.29, 0.717) is 22.9 Å². The number of carbonyl (C=O) groups is 2. The third-order valence-electron chi connectivity index (χ3n) is 4.95. The number of allylic oxidation sites excluding steroid dienone is 2. The molecule has 0 saturated heterocycles. The van der Waals surface area contributed by atoms with Gasteiger partial charge in [0.2, 0.25) is 0 Å². The lowest BCUT2D eigenvalue weighted by molar-refractivity contribution is -0.308. The first-order valence-electron chi connectivity index (χ1n) is 8.39. The van der Waals surface area contributed by atoms with Crippen LogP contribution in [0.15, 0.2) is 48.6 Å². The summed E-state index contributed by atoms with van der Waals surface area (Å²) >= 11 is 11.9. The van der Waals surface area contributed by atoms with Crippen molar-refractivity contribution in [2.24, 2.45) is 5.92 Å². The summed E-state index contributed by atoms with van der Waals surface area (Å²) in [6, 6.07) is 8.87. The van der Waals surface area contributed by atoms with E-state index >= 15 is 0 Å². The third kappa shape index (κ3) is 3.29. The number of carboxylic acid groups (broad SMARTS) is 1. The van der Waals surface area contributed by atoms with Gasteiger partial charge in [0.05, 0.1) is 22.6 Å².